The van der Waals surface area contributed by atoms with Crippen LogP contribution in [0.15, 0.2) is 89.0 Å². The van der Waals surface area contributed by atoms with Crippen LogP contribution in [0, 0.1) is 6.92 Å². The molecule has 5 rings (SSSR count). The standard InChI is InChI=1S/C29H30N6O3S2/c1-18(2)34-40(37,38)23-14-12-21(13-15-23)31-28(36)20(4)39-29-33-32-27(35(29)22-9-7-8-19(3)16-22)25-17-30-26-11-6-5-10-24(25)26/h5-18,20,30,34H,1-4H3,(H,31,36)/t20-/m1/s1. The molecule has 1 amide bonds. The summed E-state index contributed by atoms with van der Waals surface area (Å²) in [6.07, 6.45) is 1.92. The molecule has 0 aliphatic carbocycles. The molecule has 0 aliphatic rings. The van der Waals surface area contributed by atoms with Gasteiger partial charge in [-0.1, -0.05) is 42.1 Å². The van der Waals surface area contributed by atoms with Crippen LogP contribution in [0.5, 0.6) is 0 Å². The maximum Gasteiger partial charge on any atom is 0.240 e. The molecule has 3 N–H and O–H groups in total. The fourth-order valence-electron chi connectivity index (χ4n) is 4.33. The molecule has 0 spiro atoms. The third-order valence-electron chi connectivity index (χ3n) is 6.20. The van der Waals surface area contributed by atoms with E-state index in [9.17, 15) is 13.2 Å². The van der Waals surface area contributed by atoms with E-state index in [1.165, 1.54) is 23.9 Å². The van der Waals surface area contributed by atoms with Gasteiger partial charge >= 0.3 is 0 Å². The molecule has 0 saturated carbocycles. The Labute approximate surface area is 237 Å². The summed E-state index contributed by atoms with van der Waals surface area (Å²) >= 11 is 1.30. The molecule has 9 nitrogen and oxygen atoms in total. The summed E-state index contributed by atoms with van der Waals surface area (Å²) in [7, 11) is -3.61. The Bertz CT molecular complexity index is 1780. The largest absolute Gasteiger partial charge is 0.360 e. The summed E-state index contributed by atoms with van der Waals surface area (Å²) < 4.78 is 29.3. The molecule has 2 heterocycles. The lowest BCUT2D eigenvalue weighted by molar-refractivity contribution is -0.115. The summed E-state index contributed by atoms with van der Waals surface area (Å²) in [6, 6.07) is 21.9. The Hall–Kier alpha value is -3.93. The Morgan fingerprint density at radius 3 is 2.45 bits per heavy atom. The van der Waals surface area contributed by atoms with Gasteiger partial charge in [0.2, 0.25) is 15.9 Å². The molecule has 11 heteroatoms. The number of carbonyl (C=O) groups is 1. The number of hydrogen-bond donors (Lipinski definition) is 3. The Balaban J connectivity index is 1.40. The van der Waals surface area contributed by atoms with Crippen molar-refractivity contribution in [2.45, 2.75) is 49.0 Å². The van der Waals surface area contributed by atoms with Crippen molar-refractivity contribution in [3.05, 3.63) is 84.6 Å². The number of benzene rings is 3. The van der Waals surface area contributed by atoms with Gasteiger partial charge in [-0.25, -0.2) is 13.1 Å². The van der Waals surface area contributed by atoms with Gasteiger partial charge in [-0.15, -0.1) is 10.2 Å². The van der Waals surface area contributed by atoms with Crippen molar-refractivity contribution in [1.82, 2.24) is 24.5 Å². The first kappa shape index (κ1) is 27.6. The molecule has 2 aromatic heterocycles. The number of nitrogens with zero attached hydrogens (tertiary/aromatic N) is 3. The summed E-state index contributed by atoms with van der Waals surface area (Å²) in [5.74, 6) is 0.429. The van der Waals surface area contributed by atoms with E-state index in [0.29, 0.717) is 16.7 Å². The average molecular weight is 575 g/mol. The third kappa shape index (κ3) is 5.81. The number of carbonyl (C=O) groups excluding carboxylic acids is 1. The van der Waals surface area contributed by atoms with Gasteiger partial charge in [0.1, 0.15) is 0 Å². The van der Waals surface area contributed by atoms with Gasteiger partial charge in [0, 0.05) is 40.1 Å². The van der Waals surface area contributed by atoms with Gasteiger partial charge in [0.05, 0.1) is 10.1 Å². The molecule has 40 heavy (non-hydrogen) atoms. The second-order valence-electron chi connectivity index (χ2n) is 9.78. The van der Waals surface area contributed by atoms with Crippen LogP contribution in [-0.2, 0) is 14.8 Å². The lowest BCUT2D eigenvalue weighted by atomic mass is 10.1. The number of sulfonamides is 1. The maximum atomic E-state index is 13.1. The minimum absolute atomic E-state index is 0.137. The highest BCUT2D eigenvalue weighted by Gasteiger charge is 2.24. The number of aryl methyl sites for hydroxylation is 1. The van der Waals surface area contributed by atoms with Crippen LogP contribution in [0.3, 0.4) is 0 Å². The zero-order valence-electron chi connectivity index (χ0n) is 22.5. The van der Waals surface area contributed by atoms with E-state index in [4.69, 9.17) is 0 Å². The predicted molar refractivity (Wildman–Crippen MR) is 159 cm³/mol. The van der Waals surface area contributed by atoms with Gasteiger partial charge in [-0.2, -0.15) is 0 Å². The van der Waals surface area contributed by atoms with Crippen LogP contribution in [0.2, 0.25) is 0 Å². The lowest BCUT2D eigenvalue weighted by Crippen LogP contribution is -2.30. The molecule has 0 fully saturated rings. The molecule has 0 unspecified atom stereocenters. The molecular formula is C29H30N6O3S2. The minimum Gasteiger partial charge on any atom is -0.360 e. The number of para-hydroxylation sites is 1. The van der Waals surface area contributed by atoms with E-state index in [-0.39, 0.29) is 16.8 Å². The molecule has 0 bridgehead atoms. The van der Waals surface area contributed by atoms with Crippen LogP contribution in [0.1, 0.15) is 26.3 Å². The zero-order chi connectivity index (χ0) is 28.4. The van der Waals surface area contributed by atoms with E-state index >= 15 is 0 Å². The van der Waals surface area contributed by atoms with Gasteiger partial charge in [0.25, 0.3) is 0 Å². The first-order valence-electron chi connectivity index (χ1n) is 12.8. The summed E-state index contributed by atoms with van der Waals surface area (Å²) in [6.45, 7) is 7.34. The minimum atomic E-state index is -3.61. The SMILES string of the molecule is Cc1cccc(-n2c(S[C@H](C)C(=O)Nc3ccc(S(=O)(=O)NC(C)C)cc3)nnc2-c2c[nH]c3ccccc23)c1. The van der Waals surface area contributed by atoms with Crippen LogP contribution in [0.25, 0.3) is 28.0 Å². The topological polar surface area (TPSA) is 122 Å². The van der Waals surface area contributed by atoms with Crippen LogP contribution in [0.4, 0.5) is 5.69 Å². The zero-order valence-corrected chi connectivity index (χ0v) is 24.2. The fourth-order valence-corrected chi connectivity index (χ4v) is 6.45. The van der Waals surface area contributed by atoms with E-state index in [0.717, 1.165) is 27.7 Å². The van der Waals surface area contributed by atoms with Gasteiger partial charge in [0.15, 0.2) is 11.0 Å². The third-order valence-corrected chi connectivity index (χ3v) is 8.91. The highest BCUT2D eigenvalue weighted by molar-refractivity contribution is 8.00. The number of rotatable bonds is 9. The fraction of sp³-hybridized carbons (Fsp3) is 0.207. The first-order valence-corrected chi connectivity index (χ1v) is 15.2. The first-order chi connectivity index (χ1) is 19.1. The summed E-state index contributed by atoms with van der Waals surface area (Å²) in [5.41, 5.74) is 4.40. The number of aromatic amines is 1. The number of thioether (sulfide) groups is 1. The van der Waals surface area contributed by atoms with Crippen molar-refractivity contribution in [1.29, 1.82) is 0 Å². The van der Waals surface area contributed by atoms with Crippen LogP contribution in [-0.4, -0.2) is 45.4 Å². The van der Waals surface area contributed by atoms with Crippen molar-refractivity contribution in [3.8, 4) is 17.1 Å². The number of amides is 1. The van der Waals surface area contributed by atoms with Crippen molar-refractivity contribution < 1.29 is 13.2 Å². The smallest absolute Gasteiger partial charge is 0.240 e. The molecule has 1 atom stereocenters. The second kappa shape index (κ2) is 11.3. The maximum absolute atomic E-state index is 13.1. The van der Waals surface area contributed by atoms with Crippen molar-refractivity contribution >= 4 is 44.3 Å². The highest BCUT2D eigenvalue weighted by atomic mass is 32.2. The van der Waals surface area contributed by atoms with Crippen molar-refractivity contribution in [3.63, 3.8) is 0 Å². The monoisotopic (exact) mass is 574 g/mol. The number of H-pyrrole nitrogens is 1. The van der Waals surface area contributed by atoms with Gasteiger partial charge in [-0.05, 0) is 75.7 Å². The van der Waals surface area contributed by atoms with E-state index in [2.05, 4.69) is 31.3 Å². The summed E-state index contributed by atoms with van der Waals surface area (Å²) in [5, 5.41) is 13.0. The number of hydrogen-bond acceptors (Lipinski definition) is 6. The quantitative estimate of drug-likeness (QED) is 0.199. The Kier molecular flexibility index (Phi) is 7.79. The molecule has 0 saturated heterocycles. The molecule has 0 radical (unpaired) electrons. The number of anilines is 1. The lowest BCUT2D eigenvalue weighted by Gasteiger charge is -2.15. The number of fused-ring (bicyclic) bond motifs is 1. The van der Waals surface area contributed by atoms with Crippen LogP contribution >= 0.6 is 11.8 Å². The molecular weight excluding hydrogens is 544 g/mol. The van der Waals surface area contributed by atoms with Gasteiger partial charge in [-0.3, -0.25) is 9.36 Å². The second-order valence-corrected chi connectivity index (χ2v) is 12.8. The van der Waals surface area contributed by atoms with E-state index < -0.39 is 15.3 Å². The Morgan fingerprint density at radius 1 is 0.975 bits per heavy atom. The Morgan fingerprint density at radius 2 is 1.73 bits per heavy atom. The molecule has 0 aliphatic heterocycles. The van der Waals surface area contributed by atoms with Gasteiger partial charge < -0.3 is 10.3 Å². The highest BCUT2D eigenvalue weighted by Crippen LogP contribution is 2.34. The molecule has 3 aromatic carbocycles. The molecule has 5 aromatic rings. The number of aromatic nitrogens is 4. The molecule has 206 valence electrons. The van der Waals surface area contributed by atoms with Crippen molar-refractivity contribution in [2.75, 3.05) is 5.32 Å². The van der Waals surface area contributed by atoms with Crippen LogP contribution < -0.4 is 10.0 Å². The van der Waals surface area contributed by atoms with E-state index in [1.807, 2.05) is 60.2 Å². The predicted octanol–water partition coefficient (Wildman–Crippen LogP) is 5.53. The average Bonchev–Trinajstić information content (AvgIpc) is 3.52. The number of nitrogens with one attached hydrogen (secondary N) is 3. The normalized spacial score (nSPS) is 12.6. The van der Waals surface area contributed by atoms with E-state index in [1.54, 1.807) is 32.9 Å². The summed E-state index contributed by atoms with van der Waals surface area (Å²) in [4.78, 5) is 16.6. The van der Waals surface area contributed by atoms with Crippen molar-refractivity contribution in [2.24, 2.45) is 0 Å².